The maximum absolute atomic E-state index is 10.2. The second-order valence-corrected chi connectivity index (χ2v) is 5.94. The predicted octanol–water partition coefficient (Wildman–Crippen LogP) is 2.04. The van der Waals surface area contributed by atoms with Crippen LogP contribution in [0.5, 0.6) is 0 Å². The monoisotopic (exact) mass is 241 g/mol. The second kappa shape index (κ2) is 6.17. The van der Waals surface area contributed by atoms with E-state index in [2.05, 4.69) is 18.7 Å². The first kappa shape index (κ1) is 13.3. The third kappa shape index (κ3) is 3.94. The van der Waals surface area contributed by atoms with Crippen molar-refractivity contribution in [2.75, 3.05) is 19.6 Å². The SMILES string of the molecule is CC1CN(CC2CCCCCC2O)CC(C)O1. The van der Waals surface area contributed by atoms with Crippen molar-refractivity contribution in [3.05, 3.63) is 0 Å². The van der Waals surface area contributed by atoms with Gasteiger partial charge in [0.25, 0.3) is 0 Å². The molecule has 17 heavy (non-hydrogen) atoms. The Balaban J connectivity index is 1.85. The maximum Gasteiger partial charge on any atom is 0.0678 e. The van der Waals surface area contributed by atoms with Crippen molar-refractivity contribution in [3.63, 3.8) is 0 Å². The minimum atomic E-state index is -0.0778. The van der Waals surface area contributed by atoms with Gasteiger partial charge in [0.15, 0.2) is 0 Å². The molecule has 0 radical (unpaired) electrons. The molecule has 0 amide bonds. The highest BCUT2D eigenvalue weighted by Gasteiger charge is 2.28. The van der Waals surface area contributed by atoms with E-state index in [4.69, 9.17) is 4.74 Å². The number of hydrogen-bond donors (Lipinski definition) is 1. The molecule has 4 atom stereocenters. The average molecular weight is 241 g/mol. The summed E-state index contributed by atoms with van der Waals surface area (Å²) in [7, 11) is 0. The molecule has 1 saturated heterocycles. The fourth-order valence-corrected chi connectivity index (χ4v) is 3.34. The zero-order valence-corrected chi connectivity index (χ0v) is 11.3. The van der Waals surface area contributed by atoms with Crippen molar-refractivity contribution in [2.45, 2.75) is 64.3 Å². The fourth-order valence-electron chi connectivity index (χ4n) is 3.34. The Hall–Kier alpha value is -0.120. The summed E-state index contributed by atoms with van der Waals surface area (Å²) in [6.45, 7) is 7.39. The van der Waals surface area contributed by atoms with E-state index in [1.54, 1.807) is 0 Å². The van der Waals surface area contributed by atoms with Crippen molar-refractivity contribution >= 4 is 0 Å². The van der Waals surface area contributed by atoms with Crippen LogP contribution in [0.4, 0.5) is 0 Å². The van der Waals surface area contributed by atoms with E-state index in [9.17, 15) is 5.11 Å². The highest BCUT2D eigenvalue weighted by Crippen LogP contribution is 2.25. The lowest BCUT2D eigenvalue weighted by molar-refractivity contribution is -0.0765. The summed E-state index contributed by atoms with van der Waals surface area (Å²) < 4.78 is 5.75. The van der Waals surface area contributed by atoms with Crippen LogP contribution in [-0.2, 0) is 4.74 Å². The molecule has 1 heterocycles. The normalized spacial score (nSPS) is 41.1. The zero-order chi connectivity index (χ0) is 12.3. The van der Waals surface area contributed by atoms with Crippen LogP contribution in [0.15, 0.2) is 0 Å². The lowest BCUT2D eigenvalue weighted by atomic mass is 9.96. The minimum absolute atomic E-state index is 0.0778. The van der Waals surface area contributed by atoms with Gasteiger partial charge in [0.2, 0.25) is 0 Å². The van der Waals surface area contributed by atoms with Gasteiger partial charge in [-0.1, -0.05) is 19.3 Å². The molecule has 1 N–H and O–H groups in total. The molecule has 0 bridgehead atoms. The summed E-state index contributed by atoms with van der Waals surface area (Å²) in [5.41, 5.74) is 0. The van der Waals surface area contributed by atoms with Gasteiger partial charge in [-0.15, -0.1) is 0 Å². The van der Waals surface area contributed by atoms with Crippen LogP contribution in [0, 0.1) is 5.92 Å². The molecule has 2 fully saturated rings. The number of aliphatic hydroxyl groups excluding tert-OH is 1. The first-order valence-electron chi connectivity index (χ1n) is 7.21. The van der Waals surface area contributed by atoms with Crippen LogP contribution in [0.3, 0.4) is 0 Å². The Labute approximate surface area is 105 Å². The van der Waals surface area contributed by atoms with E-state index >= 15 is 0 Å². The molecule has 0 aromatic heterocycles. The van der Waals surface area contributed by atoms with Gasteiger partial charge in [-0.2, -0.15) is 0 Å². The number of ether oxygens (including phenoxy) is 1. The summed E-state index contributed by atoms with van der Waals surface area (Å²) in [5.74, 6) is 0.481. The summed E-state index contributed by atoms with van der Waals surface area (Å²) in [6.07, 6.45) is 6.57. The van der Waals surface area contributed by atoms with Gasteiger partial charge < -0.3 is 9.84 Å². The van der Waals surface area contributed by atoms with E-state index in [0.717, 1.165) is 26.1 Å². The van der Waals surface area contributed by atoms with Gasteiger partial charge in [0.05, 0.1) is 18.3 Å². The van der Waals surface area contributed by atoms with Crippen LogP contribution in [0.2, 0.25) is 0 Å². The second-order valence-electron chi connectivity index (χ2n) is 5.94. The third-order valence-corrected chi connectivity index (χ3v) is 4.11. The predicted molar refractivity (Wildman–Crippen MR) is 69.0 cm³/mol. The van der Waals surface area contributed by atoms with E-state index in [1.165, 1.54) is 25.7 Å². The van der Waals surface area contributed by atoms with E-state index in [0.29, 0.717) is 18.1 Å². The molecule has 2 aliphatic rings. The largest absolute Gasteiger partial charge is 0.393 e. The summed E-state index contributed by atoms with van der Waals surface area (Å²) in [6, 6.07) is 0. The van der Waals surface area contributed by atoms with Crippen LogP contribution >= 0.6 is 0 Å². The van der Waals surface area contributed by atoms with Crippen LogP contribution in [-0.4, -0.2) is 48.0 Å². The Morgan fingerprint density at radius 2 is 1.71 bits per heavy atom. The number of aliphatic hydroxyl groups is 1. The smallest absolute Gasteiger partial charge is 0.0678 e. The van der Waals surface area contributed by atoms with E-state index in [1.807, 2.05) is 0 Å². The van der Waals surface area contributed by atoms with Crippen molar-refractivity contribution in [2.24, 2.45) is 5.92 Å². The summed E-state index contributed by atoms with van der Waals surface area (Å²) in [4.78, 5) is 2.48. The lowest BCUT2D eigenvalue weighted by Crippen LogP contribution is -2.48. The van der Waals surface area contributed by atoms with Crippen molar-refractivity contribution < 1.29 is 9.84 Å². The van der Waals surface area contributed by atoms with Gasteiger partial charge in [-0.3, -0.25) is 4.90 Å². The van der Waals surface area contributed by atoms with Crippen LogP contribution in [0.1, 0.15) is 46.0 Å². The molecule has 0 aromatic carbocycles. The average Bonchev–Trinajstić information content (AvgIpc) is 2.43. The van der Waals surface area contributed by atoms with Gasteiger partial charge in [-0.25, -0.2) is 0 Å². The van der Waals surface area contributed by atoms with Crippen LogP contribution < -0.4 is 0 Å². The molecule has 1 saturated carbocycles. The standard InChI is InChI=1S/C14H27NO2/c1-11-8-15(9-12(2)17-11)10-13-6-4-3-5-7-14(13)16/h11-14,16H,3-10H2,1-2H3. The molecule has 1 aliphatic carbocycles. The topological polar surface area (TPSA) is 32.7 Å². The highest BCUT2D eigenvalue weighted by molar-refractivity contribution is 4.80. The van der Waals surface area contributed by atoms with Crippen LogP contribution in [0.25, 0.3) is 0 Å². The molecule has 1 aliphatic heterocycles. The van der Waals surface area contributed by atoms with Gasteiger partial charge in [-0.05, 0) is 32.6 Å². The number of morpholine rings is 1. The highest BCUT2D eigenvalue weighted by atomic mass is 16.5. The zero-order valence-electron chi connectivity index (χ0n) is 11.3. The van der Waals surface area contributed by atoms with Crippen molar-refractivity contribution in [1.29, 1.82) is 0 Å². The Kier molecular flexibility index (Phi) is 4.83. The molecule has 4 unspecified atom stereocenters. The van der Waals surface area contributed by atoms with E-state index in [-0.39, 0.29) is 6.10 Å². The minimum Gasteiger partial charge on any atom is -0.393 e. The molecule has 2 rings (SSSR count). The first-order valence-corrected chi connectivity index (χ1v) is 7.21. The Morgan fingerprint density at radius 3 is 2.41 bits per heavy atom. The first-order chi connectivity index (χ1) is 8.15. The Bertz CT molecular complexity index is 224. The van der Waals surface area contributed by atoms with E-state index < -0.39 is 0 Å². The molecule has 100 valence electrons. The quantitative estimate of drug-likeness (QED) is 0.751. The summed E-state index contributed by atoms with van der Waals surface area (Å²) in [5, 5.41) is 10.2. The maximum atomic E-state index is 10.2. The molecular formula is C14H27NO2. The molecule has 3 nitrogen and oxygen atoms in total. The molecule has 0 aromatic rings. The third-order valence-electron chi connectivity index (χ3n) is 4.11. The molecule has 3 heteroatoms. The Morgan fingerprint density at radius 1 is 1.06 bits per heavy atom. The van der Waals surface area contributed by atoms with Gasteiger partial charge in [0, 0.05) is 19.6 Å². The molecule has 0 spiro atoms. The number of nitrogens with zero attached hydrogens (tertiary/aromatic N) is 1. The molecular weight excluding hydrogens is 214 g/mol. The van der Waals surface area contributed by atoms with Gasteiger partial charge in [0.1, 0.15) is 0 Å². The van der Waals surface area contributed by atoms with Crippen molar-refractivity contribution in [3.8, 4) is 0 Å². The number of hydrogen-bond acceptors (Lipinski definition) is 3. The number of rotatable bonds is 2. The lowest BCUT2D eigenvalue weighted by Gasteiger charge is -2.37. The fraction of sp³-hybridized carbons (Fsp3) is 1.00. The summed E-state index contributed by atoms with van der Waals surface area (Å²) >= 11 is 0. The van der Waals surface area contributed by atoms with Gasteiger partial charge >= 0.3 is 0 Å². The van der Waals surface area contributed by atoms with Crippen molar-refractivity contribution in [1.82, 2.24) is 4.90 Å².